The molecule has 0 saturated heterocycles. The predicted molar refractivity (Wildman–Crippen MR) is 74.2 cm³/mol. The smallest absolute Gasteiger partial charge is 0.405 e. The minimum absolute atomic E-state index is 0.352. The number of hydrogen-bond acceptors (Lipinski definition) is 3. The Balaban J connectivity index is 2.19. The van der Waals surface area contributed by atoms with E-state index in [1.54, 1.807) is 26.2 Å². The number of nitrogens with zero attached hydrogens (tertiary/aromatic N) is 3. The molecule has 1 aliphatic rings. The van der Waals surface area contributed by atoms with Gasteiger partial charge in [0.1, 0.15) is 11.0 Å². The lowest BCUT2D eigenvalue weighted by Crippen LogP contribution is -2.41. The van der Waals surface area contributed by atoms with Crippen LogP contribution in [-0.2, 0) is 5.54 Å². The molecular formula is C13H15ClN4O2. The van der Waals surface area contributed by atoms with Gasteiger partial charge in [0.15, 0.2) is 0 Å². The zero-order valence-electron chi connectivity index (χ0n) is 11.2. The van der Waals surface area contributed by atoms with Crippen LogP contribution < -0.4 is 5.32 Å². The maximum atomic E-state index is 11.0. The summed E-state index contributed by atoms with van der Waals surface area (Å²) in [6.45, 7) is 3.56. The van der Waals surface area contributed by atoms with Crippen LogP contribution >= 0.6 is 11.6 Å². The highest BCUT2D eigenvalue weighted by Gasteiger charge is 2.34. The summed E-state index contributed by atoms with van der Waals surface area (Å²) in [5, 5.41) is 11.8. The molecule has 3 rings (SSSR count). The van der Waals surface area contributed by atoms with Gasteiger partial charge in [-0.25, -0.2) is 14.8 Å². The van der Waals surface area contributed by atoms with Crippen LogP contribution in [0.1, 0.15) is 44.1 Å². The molecule has 2 aromatic heterocycles. The van der Waals surface area contributed by atoms with Crippen molar-refractivity contribution in [1.82, 2.24) is 19.7 Å². The fourth-order valence-corrected chi connectivity index (χ4v) is 2.55. The standard InChI is InChI=1S/C13H15ClN4O2/c1-13(2,17-12(19)20)11-16-10(7-3-4-7)8-5-15-9(14)6-18(8)11/h5-7,17H,3-4H2,1-2H3,(H,19,20). The van der Waals surface area contributed by atoms with Gasteiger partial charge in [-0.3, -0.25) is 4.40 Å². The van der Waals surface area contributed by atoms with Crippen molar-refractivity contribution in [3.8, 4) is 0 Å². The van der Waals surface area contributed by atoms with E-state index in [0.29, 0.717) is 16.9 Å². The molecule has 7 heteroatoms. The largest absolute Gasteiger partial charge is 0.465 e. The molecule has 6 nitrogen and oxygen atoms in total. The van der Waals surface area contributed by atoms with Crippen LogP contribution in [0.25, 0.3) is 5.52 Å². The Morgan fingerprint density at radius 1 is 1.55 bits per heavy atom. The van der Waals surface area contributed by atoms with Crippen molar-refractivity contribution in [2.24, 2.45) is 0 Å². The number of halogens is 1. The highest BCUT2D eigenvalue weighted by molar-refractivity contribution is 6.29. The van der Waals surface area contributed by atoms with Gasteiger partial charge in [0.05, 0.1) is 22.9 Å². The van der Waals surface area contributed by atoms with Crippen molar-refractivity contribution >= 4 is 23.2 Å². The van der Waals surface area contributed by atoms with Crippen molar-refractivity contribution in [3.05, 3.63) is 29.1 Å². The number of hydrogen-bond donors (Lipinski definition) is 2. The summed E-state index contributed by atoms with van der Waals surface area (Å²) in [4.78, 5) is 19.7. The third-order valence-corrected chi connectivity index (χ3v) is 3.66. The first kappa shape index (κ1) is 13.2. The normalized spacial score (nSPS) is 15.6. The summed E-state index contributed by atoms with van der Waals surface area (Å²) >= 11 is 5.95. The van der Waals surface area contributed by atoms with Crippen LogP contribution in [0.2, 0.25) is 5.15 Å². The monoisotopic (exact) mass is 294 g/mol. The summed E-state index contributed by atoms with van der Waals surface area (Å²) in [7, 11) is 0. The Labute approximate surface area is 120 Å². The van der Waals surface area contributed by atoms with Gasteiger partial charge in [0.2, 0.25) is 0 Å². The minimum atomic E-state index is -1.08. The van der Waals surface area contributed by atoms with E-state index < -0.39 is 11.6 Å². The Kier molecular flexibility index (Phi) is 2.86. The zero-order valence-corrected chi connectivity index (χ0v) is 12.0. The number of carbonyl (C=O) groups is 1. The lowest BCUT2D eigenvalue weighted by atomic mass is 10.1. The van der Waals surface area contributed by atoms with Gasteiger partial charge in [-0.1, -0.05) is 11.6 Å². The van der Waals surface area contributed by atoms with Crippen molar-refractivity contribution in [2.45, 2.75) is 38.1 Å². The number of aromatic nitrogens is 3. The van der Waals surface area contributed by atoms with Gasteiger partial charge in [0.25, 0.3) is 0 Å². The lowest BCUT2D eigenvalue weighted by molar-refractivity contribution is 0.181. The van der Waals surface area contributed by atoms with E-state index in [1.807, 2.05) is 4.40 Å². The number of imidazole rings is 1. The summed E-state index contributed by atoms with van der Waals surface area (Å²) in [5.41, 5.74) is 1.06. The second-order valence-electron chi connectivity index (χ2n) is 5.62. The molecule has 0 spiro atoms. The fourth-order valence-electron chi connectivity index (χ4n) is 2.41. The number of nitrogens with one attached hydrogen (secondary N) is 1. The molecule has 0 bridgehead atoms. The maximum Gasteiger partial charge on any atom is 0.405 e. The molecule has 2 aromatic rings. The summed E-state index contributed by atoms with van der Waals surface area (Å²) in [5.74, 6) is 1.07. The average Bonchev–Trinajstić information content (AvgIpc) is 3.08. The average molecular weight is 295 g/mol. The van der Waals surface area contributed by atoms with Crippen molar-refractivity contribution in [1.29, 1.82) is 0 Å². The summed E-state index contributed by atoms with van der Waals surface area (Å²) in [6.07, 6.45) is 4.52. The zero-order chi connectivity index (χ0) is 14.5. The van der Waals surface area contributed by atoms with Gasteiger partial charge in [-0.2, -0.15) is 0 Å². The molecule has 0 atom stereocenters. The molecule has 2 N–H and O–H groups in total. The van der Waals surface area contributed by atoms with Crippen LogP contribution in [0.3, 0.4) is 0 Å². The first-order valence-corrected chi connectivity index (χ1v) is 6.81. The molecule has 1 aliphatic carbocycles. The summed E-state index contributed by atoms with van der Waals surface area (Å²) in [6, 6.07) is 0. The van der Waals surface area contributed by atoms with Crippen LogP contribution in [0, 0.1) is 0 Å². The van der Waals surface area contributed by atoms with Gasteiger partial charge in [-0.15, -0.1) is 0 Å². The number of carboxylic acid groups (broad SMARTS) is 1. The van der Waals surface area contributed by atoms with E-state index in [-0.39, 0.29) is 0 Å². The van der Waals surface area contributed by atoms with E-state index in [1.165, 1.54) is 0 Å². The van der Waals surface area contributed by atoms with Crippen LogP contribution in [0.5, 0.6) is 0 Å². The highest BCUT2D eigenvalue weighted by atomic mass is 35.5. The minimum Gasteiger partial charge on any atom is -0.465 e. The number of rotatable bonds is 3. The predicted octanol–water partition coefficient (Wildman–Crippen LogP) is 2.76. The molecule has 0 aliphatic heterocycles. The SMILES string of the molecule is CC(C)(NC(=O)O)c1nc(C2CC2)c2cnc(Cl)cn12. The quantitative estimate of drug-likeness (QED) is 0.912. The third kappa shape index (κ3) is 2.20. The van der Waals surface area contributed by atoms with E-state index in [4.69, 9.17) is 16.7 Å². The second-order valence-corrected chi connectivity index (χ2v) is 6.00. The Hall–Kier alpha value is -1.82. The molecule has 20 heavy (non-hydrogen) atoms. The number of fused-ring (bicyclic) bond motifs is 1. The molecule has 0 radical (unpaired) electrons. The Morgan fingerprint density at radius 2 is 2.25 bits per heavy atom. The van der Waals surface area contributed by atoms with Crippen LogP contribution in [0.4, 0.5) is 4.79 Å². The van der Waals surface area contributed by atoms with Crippen molar-refractivity contribution < 1.29 is 9.90 Å². The fraction of sp³-hybridized carbons (Fsp3) is 0.462. The number of amides is 1. The lowest BCUT2D eigenvalue weighted by Gasteiger charge is -2.23. The maximum absolute atomic E-state index is 11.0. The second kappa shape index (κ2) is 4.34. The first-order valence-electron chi connectivity index (χ1n) is 6.43. The highest BCUT2D eigenvalue weighted by Crippen LogP contribution is 2.42. The van der Waals surface area contributed by atoms with Crippen LogP contribution in [0.15, 0.2) is 12.4 Å². The molecule has 2 heterocycles. The van der Waals surface area contributed by atoms with Gasteiger partial charge in [0, 0.05) is 12.1 Å². The van der Waals surface area contributed by atoms with E-state index in [9.17, 15) is 4.79 Å². The third-order valence-electron chi connectivity index (χ3n) is 3.46. The Morgan fingerprint density at radius 3 is 2.85 bits per heavy atom. The van der Waals surface area contributed by atoms with E-state index in [2.05, 4.69) is 15.3 Å². The first-order chi connectivity index (χ1) is 9.38. The van der Waals surface area contributed by atoms with Crippen molar-refractivity contribution in [2.75, 3.05) is 0 Å². The van der Waals surface area contributed by atoms with Crippen molar-refractivity contribution in [3.63, 3.8) is 0 Å². The molecule has 1 amide bonds. The van der Waals surface area contributed by atoms with Gasteiger partial charge < -0.3 is 10.4 Å². The molecular weight excluding hydrogens is 280 g/mol. The summed E-state index contributed by atoms with van der Waals surface area (Å²) < 4.78 is 1.83. The molecule has 0 aromatic carbocycles. The van der Waals surface area contributed by atoms with Gasteiger partial charge in [-0.05, 0) is 26.7 Å². The van der Waals surface area contributed by atoms with Crippen LogP contribution in [-0.4, -0.2) is 25.6 Å². The molecule has 0 unspecified atom stereocenters. The molecule has 106 valence electrons. The van der Waals surface area contributed by atoms with E-state index in [0.717, 1.165) is 24.1 Å². The Bertz CT molecular complexity index is 691. The van der Waals surface area contributed by atoms with E-state index >= 15 is 0 Å². The topological polar surface area (TPSA) is 79.5 Å². The van der Waals surface area contributed by atoms with Gasteiger partial charge >= 0.3 is 6.09 Å². The molecule has 1 fully saturated rings. The molecule has 1 saturated carbocycles.